The molecule has 3 aromatic carbocycles. The van der Waals surface area contributed by atoms with Crippen molar-refractivity contribution in [2.75, 3.05) is 23.9 Å². The van der Waals surface area contributed by atoms with E-state index >= 15 is 0 Å². The van der Waals surface area contributed by atoms with Crippen LogP contribution in [0.2, 0.25) is 0 Å². The molecular formula is C26H25N3O3S. The Balaban J connectivity index is 1.61. The lowest BCUT2D eigenvalue weighted by atomic mass is 10.1. The number of carbonyl (C=O) groups excluding carboxylic acids is 2. The predicted molar refractivity (Wildman–Crippen MR) is 137 cm³/mol. The van der Waals surface area contributed by atoms with Crippen molar-refractivity contribution in [3.8, 4) is 5.75 Å². The van der Waals surface area contributed by atoms with Gasteiger partial charge in [-0.2, -0.15) is 0 Å². The minimum Gasteiger partial charge on any atom is -0.497 e. The molecule has 3 rings (SSSR count). The summed E-state index contributed by atoms with van der Waals surface area (Å²) < 4.78 is 5.12. The lowest BCUT2D eigenvalue weighted by molar-refractivity contribution is -0.115. The number of benzene rings is 3. The van der Waals surface area contributed by atoms with Gasteiger partial charge in [0, 0.05) is 29.6 Å². The van der Waals surface area contributed by atoms with Crippen LogP contribution in [0.4, 0.5) is 11.4 Å². The fourth-order valence-corrected chi connectivity index (χ4v) is 3.36. The zero-order chi connectivity index (χ0) is 23.6. The van der Waals surface area contributed by atoms with Gasteiger partial charge in [0.2, 0.25) is 5.91 Å². The standard InChI is InChI=1S/C26H25N3O3S/c1-3-29(22-10-5-4-6-11-22)25(31)20-8-7-9-21(18-20)27-26(33)28-24(30)17-14-19-12-15-23(32-2)16-13-19/h4-18H,3H2,1-2H3,(H2,27,28,30,33)/b17-14+. The topological polar surface area (TPSA) is 70.7 Å². The molecule has 0 fully saturated rings. The van der Waals surface area contributed by atoms with Gasteiger partial charge in [0.15, 0.2) is 5.11 Å². The zero-order valence-electron chi connectivity index (χ0n) is 18.4. The highest BCUT2D eigenvalue weighted by molar-refractivity contribution is 7.80. The van der Waals surface area contributed by atoms with Crippen molar-refractivity contribution < 1.29 is 14.3 Å². The molecule has 0 saturated heterocycles. The molecule has 6 nitrogen and oxygen atoms in total. The molecule has 0 aliphatic carbocycles. The van der Waals surface area contributed by atoms with Crippen LogP contribution in [0.15, 0.2) is 84.9 Å². The summed E-state index contributed by atoms with van der Waals surface area (Å²) in [5.41, 5.74) is 2.80. The van der Waals surface area contributed by atoms with Crippen molar-refractivity contribution in [1.82, 2.24) is 5.32 Å². The van der Waals surface area contributed by atoms with E-state index in [4.69, 9.17) is 17.0 Å². The Morgan fingerprint density at radius 3 is 2.39 bits per heavy atom. The average molecular weight is 460 g/mol. The first kappa shape index (κ1) is 23.7. The molecule has 168 valence electrons. The van der Waals surface area contributed by atoms with Crippen molar-refractivity contribution >= 4 is 46.6 Å². The molecule has 2 N–H and O–H groups in total. The monoisotopic (exact) mass is 459 g/mol. The van der Waals surface area contributed by atoms with Crippen LogP contribution in [0.5, 0.6) is 5.75 Å². The van der Waals surface area contributed by atoms with Gasteiger partial charge in [-0.05, 0) is 73.2 Å². The Morgan fingerprint density at radius 2 is 1.73 bits per heavy atom. The number of anilines is 2. The SMILES string of the molecule is CCN(C(=O)c1cccc(NC(=S)NC(=O)/C=C/c2ccc(OC)cc2)c1)c1ccccc1. The maximum absolute atomic E-state index is 13.0. The van der Waals surface area contributed by atoms with Gasteiger partial charge in [-0.3, -0.25) is 14.9 Å². The Morgan fingerprint density at radius 1 is 1.00 bits per heavy atom. The van der Waals surface area contributed by atoms with Crippen molar-refractivity contribution in [3.63, 3.8) is 0 Å². The molecule has 0 saturated carbocycles. The van der Waals surface area contributed by atoms with Gasteiger partial charge < -0.3 is 15.0 Å². The number of carbonyl (C=O) groups is 2. The highest BCUT2D eigenvalue weighted by Crippen LogP contribution is 2.19. The van der Waals surface area contributed by atoms with E-state index in [1.165, 1.54) is 6.08 Å². The van der Waals surface area contributed by atoms with Crippen molar-refractivity contribution in [2.24, 2.45) is 0 Å². The van der Waals surface area contributed by atoms with Crippen LogP contribution < -0.4 is 20.3 Å². The fourth-order valence-electron chi connectivity index (χ4n) is 3.14. The molecule has 0 aromatic heterocycles. The minimum atomic E-state index is -0.364. The van der Waals surface area contributed by atoms with Gasteiger partial charge in [0.1, 0.15) is 5.75 Å². The summed E-state index contributed by atoms with van der Waals surface area (Å²) in [6, 6.07) is 23.8. The highest BCUT2D eigenvalue weighted by Gasteiger charge is 2.16. The Bertz CT molecular complexity index is 1140. The normalized spacial score (nSPS) is 10.5. The number of nitrogens with zero attached hydrogens (tertiary/aromatic N) is 1. The third-order valence-corrected chi connectivity index (χ3v) is 4.98. The molecule has 33 heavy (non-hydrogen) atoms. The van der Waals surface area contributed by atoms with E-state index in [9.17, 15) is 9.59 Å². The van der Waals surface area contributed by atoms with E-state index in [0.29, 0.717) is 17.8 Å². The van der Waals surface area contributed by atoms with Crippen LogP contribution in [0.25, 0.3) is 6.08 Å². The number of amides is 2. The maximum atomic E-state index is 13.0. The van der Waals surface area contributed by atoms with Crippen LogP contribution in [0, 0.1) is 0 Å². The van der Waals surface area contributed by atoms with Crippen LogP contribution in [-0.4, -0.2) is 30.6 Å². The summed E-state index contributed by atoms with van der Waals surface area (Å²) in [6.07, 6.45) is 3.08. The predicted octanol–water partition coefficient (Wildman–Crippen LogP) is 4.89. The lowest BCUT2D eigenvalue weighted by Crippen LogP contribution is -2.33. The molecule has 0 heterocycles. The maximum Gasteiger partial charge on any atom is 0.258 e. The number of rotatable bonds is 7. The largest absolute Gasteiger partial charge is 0.497 e. The lowest BCUT2D eigenvalue weighted by Gasteiger charge is -2.21. The first-order valence-electron chi connectivity index (χ1n) is 10.4. The second-order valence-corrected chi connectivity index (χ2v) is 7.42. The van der Waals surface area contributed by atoms with Crippen molar-refractivity contribution in [2.45, 2.75) is 6.92 Å². The molecule has 0 unspecified atom stereocenters. The summed E-state index contributed by atoms with van der Waals surface area (Å²) in [6.45, 7) is 2.46. The Labute approximate surface area is 198 Å². The molecule has 7 heteroatoms. The van der Waals surface area contributed by atoms with E-state index in [1.807, 2.05) is 61.5 Å². The molecule has 0 radical (unpaired) electrons. The van der Waals surface area contributed by atoms with Gasteiger partial charge in [-0.15, -0.1) is 0 Å². The van der Waals surface area contributed by atoms with E-state index in [0.717, 1.165) is 17.0 Å². The molecule has 0 aliphatic heterocycles. The summed E-state index contributed by atoms with van der Waals surface area (Å²) in [7, 11) is 1.60. The van der Waals surface area contributed by atoms with E-state index in [-0.39, 0.29) is 16.9 Å². The first-order chi connectivity index (χ1) is 16.0. The van der Waals surface area contributed by atoms with E-state index in [2.05, 4.69) is 10.6 Å². The second-order valence-electron chi connectivity index (χ2n) is 7.02. The van der Waals surface area contributed by atoms with Crippen LogP contribution in [0.3, 0.4) is 0 Å². The molecule has 0 aliphatic rings. The second kappa shape index (κ2) is 11.6. The van der Waals surface area contributed by atoms with Gasteiger partial charge in [0.25, 0.3) is 5.91 Å². The number of methoxy groups -OCH3 is 1. The van der Waals surface area contributed by atoms with Crippen LogP contribution in [-0.2, 0) is 4.79 Å². The number of ether oxygens (including phenoxy) is 1. The first-order valence-corrected chi connectivity index (χ1v) is 10.8. The highest BCUT2D eigenvalue weighted by atomic mass is 32.1. The van der Waals surface area contributed by atoms with E-state index < -0.39 is 0 Å². The molecular weight excluding hydrogens is 434 g/mol. The summed E-state index contributed by atoms with van der Waals surface area (Å²) in [4.78, 5) is 26.9. The number of hydrogen-bond donors (Lipinski definition) is 2. The molecule has 0 atom stereocenters. The molecule has 2 amide bonds. The Kier molecular flexibility index (Phi) is 8.32. The fraction of sp³-hybridized carbons (Fsp3) is 0.115. The Hall–Kier alpha value is -3.97. The van der Waals surface area contributed by atoms with Gasteiger partial charge in [-0.1, -0.05) is 36.4 Å². The number of hydrogen-bond acceptors (Lipinski definition) is 4. The molecule has 0 bridgehead atoms. The van der Waals surface area contributed by atoms with Crippen molar-refractivity contribution in [1.29, 1.82) is 0 Å². The summed E-state index contributed by atoms with van der Waals surface area (Å²) in [5, 5.41) is 5.70. The van der Waals surface area contributed by atoms with Crippen LogP contribution >= 0.6 is 12.2 Å². The summed E-state index contributed by atoms with van der Waals surface area (Å²) >= 11 is 5.25. The average Bonchev–Trinajstić information content (AvgIpc) is 2.84. The minimum absolute atomic E-state index is 0.121. The van der Waals surface area contributed by atoms with Crippen molar-refractivity contribution in [3.05, 3.63) is 96.1 Å². The van der Waals surface area contributed by atoms with E-state index in [1.54, 1.807) is 42.4 Å². The molecule has 3 aromatic rings. The number of nitrogens with one attached hydrogen (secondary N) is 2. The van der Waals surface area contributed by atoms with Gasteiger partial charge in [0.05, 0.1) is 7.11 Å². The smallest absolute Gasteiger partial charge is 0.258 e. The quantitative estimate of drug-likeness (QED) is 0.389. The molecule has 0 spiro atoms. The third kappa shape index (κ3) is 6.75. The van der Waals surface area contributed by atoms with Gasteiger partial charge in [-0.25, -0.2) is 0 Å². The zero-order valence-corrected chi connectivity index (χ0v) is 19.3. The number of para-hydroxylation sites is 1. The van der Waals surface area contributed by atoms with Crippen LogP contribution in [0.1, 0.15) is 22.8 Å². The number of thiocarbonyl (C=S) groups is 1. The third-order valence-electron chi connectivity index (χ3n) is 4.78. The van der Waals surface area contributed by atoms with Gasteiger partial charge >= 0.3 is 0 Å². The summed E-state index contributed by atoms with van der Waals surface area (Å²) in [5.74, 6) is 0.259.